The van der Waals surface area contributed by atoms with Crippen LogP contribution in [-0.4, -0.2) is 41.7 Å². The molecule has 0 bridgehead atoms. The van der Waals surface area contributed by atoms with E-state index < -0.39 is 10.0 Å². The Morgan fingerprint density at radius 2 is 1.96 bits per heavy atom. The van der Waals surface area contributed by atoms with Crippen molar-refractivity contribution in [1.82, 2.24) is 14.1 Å². The standard InChI is InChI=1S/C17H22ClN3O4S/c1-11(10-21-17(23)8-14(18)9-19-21)5-13-7-16(12(2)6-15(13)22)26(24,25)20(3)4/h6-9,11,22H,5,10H2,1-4H3. The molecule has 1 unspecified atom stereocenters. The van der Waals surface area contributed by atoms with E-state index in [2.05, 4.69) is 5.10 Å². The molecule has 142 valence electrons. The topological polar surface area (TPSA) is 92.5 Å². The van der Waals surface area contributed by atoms with Crippen LogP contribution in [0.5, 0.6) is 5.75 Å². The highest BCUT2D eigenvalue weighted by atomic mass is 35.5. The summed E-state index contributed by atoms with van der Waals surface area (Å²) in [6.07, 6.45) is 1.78. The van der Waals surface area contributed by atoms with Gasteiger partial charge >= 0.3 is 0 Å². The fraction of sp³-hybridized carbons (Fsp3) is 0.412. The molecule has 0 aliphatic rings. The summed E-state index contributed by atoms with van der Waals surface area (Å²) in [6.45, 7) is 3.85. The molecule has 1 heterocycles. The van der Waals surface area contributed by atoms with Gasteiger partial charge in [0.25, 0.3) is 5.56 Å². The summed E-state index contributed by atoms with van der Waals surface area (Å²) in [5, 5.41) is 14.5. The lowest BCUT2D eigenvalue weighted by molar-refractivity contribution is 0.417. The largest absolute Gasteiger partial charge is 0.508 e. The van der Waals surface area contributed by atoms with Crippen molar-refractivity contribution in [2.75, 3.05) is 14.1 Å². The summed E-state index contributed by atoms with van der Waals surface area (Å²) in [4.78, 5) is 12.0. The normalized spacial score (nSPS) is 13.2. The molecule has 2 aromatic rings. The summed E-state index contributed by atoms with van der Waals surface area (Å²) in [6, 6.07) is 4.23. The van der Waals surface area contributed by atoms with Gasteiger partial charge in [-0.2, -0.15) is 5.10 Å². The third-order valence-corrected chi connectivity index (χ3v) is 6.19. The molecule has 0 spiro atoms. The van der Waals surface area contributed by atoms with Crippen LogP contribution in [0, 0.1) is 12.8 Å². The van der Waals surface area contributed by atoms with Gasteiger partial charge in [0.05, 0.1) is 16.1 Å². The quantitative estimate of drug-likeness (QED) is 0.802. The van der Waals surface area contributed by atoms with Gasteiger partial charge in [-0.25, -0.2) is 17.4 Å². The molecule has 0 radical (unpaired) electrons. The van der Waals surface area contributed by atoms with Crippen molar-refractivity contribution in [3.8, 4) is 5.75 Å². The van der Waals surface area contributed by atoms with Gasteiger partial charge in [0.15, 0.2) is 0 Å². The number of hydrogen-bond donors (Lipinski definition) is 1. The maximum atomic E-state index is 12.4. The van der Waals surface area contributed by atoms with E-state index in [1.54, 1.807) is 6.92 Å². The molecule has 2 rings (SSSR count). The second-order valence-electron chi connectivity index (χ2n) is 6.54. The molecule has 0 amide bonds. The van der Waals surface area contributed by atoms with Crippen LogP contribution in [0.25, 0.3) is 0 Å². The number of nitrogens with zero attached hydrogens (tertiary/aromatic N) is 3. The molecule has 1 atom stereocenters. The van der Waals surface area contributed by atoms with E-state index in [9.17, 15) is 18.3 Å². The lowest BCUT2D eigenvalue weighted by Crippen LogP contribution is -2.25. The van der Waals surface area contributed by atoms with E-state index >= 15 is 0 Å². The predicted octanol–water partition coefficient (Wildman–Crippen LogP) is 2.04. The Morgan fingerprint density at radius 3 is 2.54 bits per heavy atom. The average Bonchev–Trinajstić information content (AvgIpc) is 2.52. The van der Waals surface area contributed by atoms with Crippen LogP contribution >= 0.6 is 11.6 Å². The Hall–Kier alpha value is -1.90. The van der Waals surface area contributed by atoms with Crippen molar-refractivity contribution in [3.05, 3.63) is 50.9 Å². The average molecular weight is 400 g/mol. The van der Waals surface area contributed by atoms with Crippen LogP contribution in [0.4, 0.5) is 0 Å². The van der Waals surface area contributed by atoms with Crippen LogP contribution < -0.4 is 5.56 Å². The van der Waals surface area contributed by atoms with Crippen molar-refractivity contribution in [2.45, 2.75) is 31.7 Å². The number of aromatic nitrogens is 2. The van der Waals surface area contributed by atoms with Gasteiger partial charge in [-0.15, -0.1) is 0 Å². The molecule has 7 nitrogen and oxygen atoms in total. The Morgan fingerprint density at radius 1 is 1.31 bits per heavy atom. The van der Waals surface area contributed by atoms with Crippen molar-refractivity contribution in [1.29, 1.82) is 0 Å². The number of aromatic hydroxyl groups is 1. The van der Waals surface area contributed by atoms with Gasteiger partial charge in [0, 0.05) is 26.7 Å². The Bertz CT molecular complexity index is 970. The second kappa shape index (κ2) is 7.77. The number of benzene rings is 1. The van der Waals surface area contributed by atoms with Gasteiger partial charge in [-0.05, 0) is 42.5 Å². The zero-order valence-corrected chi connectivity index (χ0v) is 16.7. The number of aryl methyl sites for hydroxylation is 1. The van der Waals surface area contributed by atoms with Gasteiger partial charge in [-0.3, -0.25) is 4.79 Å². The van der Waals surface area contributed by atoms with Gasteiger partial charge in [0.1, 0.15) is 5.75 Å². The highest BCUT2D eigenvalue weighted by molar-refractivity contribution is 7.89. The van der Waals surface area contributed by atoms with Gasteiger partial charge in [-0.1, -0.05) is 18.5 Å². The van der Waals surface area contributed by atoms with Crippen molar-refractivity contribution < 1.29 is 13.5 Å². The molecule has 1 aromatic carbocycles. The molecular formula is C17H22ClN3O4S. The molecule has 0 saturated heterocycles. The number of rotatable bonds is 6. The van der Waals surface area contributed by atoms with Crippen molar-refractivity contribution in [2.24, 2.45) is 5.92 Å². The van der Waals surface area contributed by atoms with Crippen LogP contribution in [0.3, 0.4) is 0 Å². The smallest absolute Gasteiger partial charge is 0.268 e. The summed E-state index contributed by atoms with van der Waals surface area (Å²) in [7, 11) is -0.691. The molecule has 0 aliphatic heterocycles. The Kier molecular flexibility index (Phi) is 6.10. The summed E-state index contributed by atoms with van der Waals surface area (Å²) < 4.78 is 27.3. The van der Waals surface area contributed by atoms with E-state index in [4.69, 9.17) is 11.6 Å². The fourth-order valence-electron chi connectivity index (χ4n) is 2.64. The number of sulfonamides is 1. The molecule has 0 fully saturated rings. The molecule has 1 aromatic heterocycles. The zero-order chi connectivity index (χ0) is 19.6. The molecule has 0 aliphatic carbocycles. The molecule has 0 saturated carbocycles. The van der Waals surface area contributed by atoms with E-state index in [0.717, 1.165) is 4.31 Å². The van der Waals surface area contributed by atoms with Crippen LogP contribution in [0.1, 0.15) is 18.1 Å². The summed E-state index contributed by atoms with van der Waals surface area (Å²) >= 11 is 5.73. The first-order valence-corrected chi connectivity index (χ1v) is 9.82. The number of halogens is 1. The monoisotopic (exact) mass is 399 g/mol. The number of hydrogen-bond acceptors (Lipinski definition) is 5. The minimum Gasteiger partial charge on any atom is -0.508 e. The van der Waals surface area contributed by atoms with E-state index in [1.165, 1.54) is 43.2 Å². The fourth-order valence-corrected chi connectivity index (χ4v) is 3.92. The minimum absolute atomic E-state index is 0.0310. The highest BCUT2D eigenvalue weighted by Crippen LogP contribution is 2.28. The lowest BCUT2D eigenvalue weighted by Gasteiger charge is -2.18. The first-order valence-electron chi connectivity index (χ1n) is 8.00. The van der Waals surface area contributed by atoms with E-state index in [1.807, 2.05) is 6.92 Å². The maximum Gasteiger partial charge on any atom is 0.268 e. The molecular weight excluding hydrogens is 378 g/mol. The lowest BCUT2D eigenvalue weighted by atomic mass is 9.99. The number of phenolic OH excluding ortho intramolecular Hbond substituents is 1. The Balaban J connectivity index is 2.30. The molecule has 1 N–H and O–H groups in total. The zero-order valence-electron chi connectivity index (χ0n) is 15.1. The van der Waals surface area contributed by atoms with Gasteiger partial charge in [0.2, 0.25) is 10.0 Å². The van der Waals surface area contributed by atoms with Crippen LogP contribution in [0.15, 0.2) is 34.1 Å². The van der Waals surface area contributed by atoms with Crippen molar-refractivity contribution in [3.63, 3.8) is 0 Å². The Labute approximate surface area is 157 Å². The van der Waals surface area contributed by atoms with Crippen LogP contribution in [0.2, 0.25) is 5.02 Å². The molecule has 26 heavy (non-hydrogen) atoms. The third-order valence-electron chi connectivity index (χ3n) is 4.02. The first-order chi connectivity index (χ1) is 12.0. The predicted molar refractivity (Wildman–Crippen MR) is 100 cm³/mol. The van der Waals surface area contributed by atoms with Crippen LogP contribution in [-0.2, 0) is 23.0 Å². The molecule has 9 heteroatoms. The van der Waals surface area contributed by atoms with E-state index in [0.29, 0.717) is 24.1 Å². The number of phenols is 1. The third kappa shape index (κ3) is 4.44. The van der Waals surface area contributed by atoms with Gasteiger partial charge < -0.3 is 5.11 Å². The minimum atomic E-state index is -3.61. The first kappa shape index (κ1) is 20.4. The highest BCUT2D eigenvalue weighted by Gasteiger charge is 2.22. The summed E-state index contributed by atoms with van der Waals surface area (Å²) in [5.74, 6) is -0.0339. The maximum absolute atomic E-state index is 12.4. The van der Waals surface area contributed by atoms with Crippen molar-refractivity contribution >= 4 is 21.6 Å². The summed E-state index contributed by atoms with van der Waals surface area (Å²) in [5.41, 5.74) is 0.669. The SMILES string of the molecule is Cc1cc(O)c(CC(C)Cn2ncc(Cl)cc2=O)cc1S(=O)(=O)N(C)C. The second-order valence-corrected chi connectivity index (χ2v) is 9.09. The van der Waals surface area contributed by atoms with E-state index in [-0.39, 0.29) is 27.1 Å².